The molecule has 0 radical (unpaired) electrons. The average molecular weight is 501 g/mol. The highest BCUT2D eigenvalue weighted by Crippen LogP contribution is 2.27. The van der Waals surface area contributed by atoms with Crippen LogP contribution in [-0.2, 0) is 30.6 Å². The molecule has 2 aromatic heterocycles. The Morgan fingerprint density at radius 3 is 2.38 bits per heavy atom. The SMILES string of the molecule is CC(C)Cc1nc(N)c(CCc2cn(C(=O)OC(C)(C)C)c3ccccc23)nc1OCc1ccccc1. The fourth-order valence-electron chi connectivity index (χ4n) is 4.21. The fraction of sp³-hybridized carbons (Fsp3) is 0.367. The number of hydrogen-bond acceptors (Lipinski definition) is 6. The Hall–Kier alpha value is -3.87. The number of benzene rings is 2. The molecule has 0 fully saturated rings. The van der Waals surface area contributed by atoms with Crippen molar-refractivity contribution in [3.63, 3.8) is 0 Å². The van der Waals surface area contributed by atoms with E-state index in [1.165, 1.54) is 0 Å². The monoisotopic (exact) mass is 500 g/mol. The molecule has 194 valence electrons. The zero-order valence-electron chi connectivity index (χ0n) is 22.3. The second-order valence-electron chi connectivity index (χ2n) is 10.7. The van der Waals surface area contributed by atoms with Crippen LogP contribution >= 0.6 is 0 Å². The van der Waals surface area contributed by atoms with E-state index in [0.29, 0.717) is 42.8 Å². The number of nitrogens with zero attached hydrogens (tertiary/aromatic N) is 3. The van der Waals surface area contributed by atoms with Gasteiger partial charge >= 0.3 is 6.09 Å². The van der Waals surface area contributed by atoms with Crippen LogP contribution in [0.1, 0.15) is 57.1 Å². The Morgan fingerprint density at radius 2 is 1.68 bits per heavy atom. The van der Waals surface area contributed by atoms with E-state index in [1.54, 1.807) is 4.57 Å². The Bertz CT molecular complexity index is 1370. The van der Waals surface area contributed by atoms with Gasteiger partial charge in [0, 0.05) is 11.6 Å². The van der Waals surface area contributed by atoms with Crippen LogP contribution in [0.3, 0.4) is 0 Å². The van der Waals surface area contributed by atoms with Gasteiger partial charge in [-0.25, -0.2) is 14.8 Å². The summed E-state index contributed by atoms with van der Waals surface area (Å²) < 4.78 is 13.3. The van der Waals surface area contributed by atoms with Crippen LogP contribution in [0, 0.1) is 5.92 Å². The smallest absolute Gasteiger partial charge is 0.419 e. The van der Waals surface area contributed by atoms with Gasteiger partial charge < -0.3 is 15.2 Å². The van der Waals surface area contributed by atoms with E-state index >= 15 is 0 Å². The van der Waals surface area contributed by atoms with Crippen LogP contribution in [0.15, 0.2) is 60.8 Å². The molecule has 0 amide bonds. The molecule has 0 aliphatic rings. The highest BCUT2D eigenvalue weighted by molar-refractivity contribution is 5.92. The minimum Gasteiger partial charge on any atom is -0.471 e. The number of rotatable bonds is 8. The molecule has 0 aliphatic heterocycles. The van der Waals surface area contributed by atoms with Gasteiger partial charge in [0.1, 0.15) is 23.7 Å². The minimum absolute atomic E-state index is 0.387. The third-order valence-electron chi connectivity index (χ3n) is 5.87. The summed E-state index contributed by atoms with van der Waals surface area (Å²) in [7, 11) is 0. The number of ether oxygens (including phenoxy) is 2. The average Bonchev–Trinajstić information content (AvgIpc) is 3.21. The van der Waals surface area contributed by atoms with Gasteiger partial charge in [0.25, 0.3) is 0 Å². The highest BCUT2D eigenvalue weighted by Gasteiger charge is 2.21. The molecule has 7 nitrogen and oxygen atoms in total. The van der Waals surface area contributed by atoms with E-state index in [-0.39, 0.29) is 0 Å². The number of anilines is 1. The van der Waals surface area contributed by atoms with Crippen molar-refractivity contribution in [3.05, 3.63) is 83.3 Å². The standard InChI is InChI=1S/C30H36N4O3/c1-20(2)17-25-28(36-19-21-11-7-6-8-12-21)33-24(27(31)32-25)16-15-22-18-34(29(35)37-30(3,4)5)26-14-10-9-13-23(22)26/h6-14,18,20H,15-17,19H2,1-5H3,(H2,31,32). The van der Waals surface area contributed by atoms with Crippen LogP contribution < -0.4 is 10.5 Å². The molecule has 0 saturated heterocycles. The zero-order chi connectivity index (χ0) is 26.6. The number of carbonyl (C=O) groups is 1. The quantitative estimate of drug-likeness (QED) is 0.303. The van der Waals surface area contributed by atoms with E-state index in [0.717, 1.165) is 34.1 Å². The van der Waals surface area contributed by atoms with E-state index in [1.807, 2.05) is 81.6 Å². The van der Waals surface area contributed by atoms with Crippen LogP contribution in [0.5, 0.6) is 5.88 Å². The molecular formula is C30H36N4O3. The number of nitrogens with two attached hydrogens (primary N) is 1. The summed E-state index contributed by atoms with van der Waals surface area (Å²) in [6, 6.07) is 17.8. The summed E-state index contributed by atoms with van der Waals surface area (Å²) in [5.74, 6) is 1.33. The normalized spacial score (nSPS) is 11.7. The molecule has 0 aliphatic carbocycles. The maximum Gasteiger partial charge on any atom is 0.419 e. The van der Waals surface area contributed by atoms with Gasteiger partial charge in [0.2, 0.25) is 5.88 Å². The third-order valence-corrected chi connectivity index (χ3v) is 5.87. The van der Waals surface area contributed by atoms with Crippen molar-refractivity contribution in [2.24, 2.45) is 5.92 Å². The first kappa shape index (κ1) is 26.2. The number of para-hydroxylation sites is 1. The van der Waals surface area contributed by atoms with Gasteiger partial charge in [-0.1, -0.05) is 62.4 Å². The molecule has 0 saturated carbocycles. The van der Waals surface area contributed by atoms with Crippen molar-refractivity contribution in [3.8, 4) is 5.88 Å². The van der Waals surface area contributed by atoms with Gasteiger partial charge in [-0.3, -0.25) is 4.57 Å². The summed E-state index contributed by atoms with van der Waals surface area (Å²) in [4.78, 5) is 22.4. The minimum atomic E-state index is -0.583. The topological polar surface area (TPSA) is 92.3 Å². The zero-order valence-corrected chi connectivity index (χ0v) is 22.3. The predicted octanol–water partition coefficient (Wildman–Crippen LogP) is 6.36. The van der Waals surface area contributed by atoms with Crippen molar-refractivity contribution in [2.75, 3.05) is 5.73 Å². The second kappa shape index (κ2) is 11.0. The summed E-state index contributed by atoms with van der Waals surface area (Å²) >= 11 is 0. The van der Waals surface area contributed by atoms with E-state index in [4.69, 9.17) is 20.2 Å². The maximum absolute atomic E-state index is 12.9. The van der Waals surface area contributed by atoms with Gasteiger partial charge in [0.15, 0.2) is 0 Å². The largest absolute Gasteiger partial charge is 0.471 e. The number of hydrogen-bond donors (Lipinski definition) is 1. The molecule has 2 heterocycles. The Labute approximate surface area is 218 Å². The maximum atomic E-state index is 12.9. The van der Waals surface area contributed by atoms with Gasteiger partial charge in [-0.05, 0) is 63.1 Å². The first-order valence-electron chi connectivity index (χ1n) is 12.7. The summed E-state index contributed by atoms with van der Waals surface area (Å²) in [6.07, 6.45) is 3.37. The van der Waals surface area contributed by atoms with Crippen LogP contribution in [0.4, 0.5) is 10.6 Å². The molecule has 0 spiro atoms. The molecule has 37 heavy (non-hydrogen) atoms. The molecule has 0 bridgehead atoms. The Morgan fingerprint density at radius 1 is 0.973 bits per heavy atom. The van der Waals surface area contributed by atoms with E-state index < -0.39 is 11.7 Å². The lowest BCUT2D eigenvalue weighted by molar-refractivity contribution is 0.0544. The number of carbonyl (C=O) groups excluding carboxylic acids is 1. The summed E-state index contributed by atoms with van der Waals surface area (Å²) in [5, 5.41) is 0.997. The first-order valence-corrected chi connectivity index (χ1v) is 12.7. The van der Waals surface area contributed by atoms with Crippen molar-refractivity contribution >= 4 is 22.8 Å². The lowest BCUT2D eigenvalue weighted by Crippen LogP contribution is -2.26. The second-order valence-corrected chi connectivity index (χ2v) is 10.7. The third kappa shape index (κ3) is 6.67. The van der Waals surface area contributed by atoms with E-state index in [9.17, 15) is 4.79 Å². The Kier molecular flexibility index (Phi) is 7.81. The molecule has 7 heteroatoms. The van der Waals surface area contributed by atoms with Gasteiger partial charge in [-0.15, -0.1) is 0 Å². The molecule has 0 atom stereocenters. The van der Waals surface area contributed by atoms with E-state index in [2.05, 4.69) is 18.8 Å². The fourth-order valence-corrected chi connectivity index (χ4v) is 4.21. The van der Waals surface area contributed by atoms with Crippen molar-refractivity contribution in [2.45, 2.75) is 66.1 Å². The summed E-state index contributed by atoms with van der Waals surface area (Å²) in [5.41, 5.74) is 10.1. The van der Waals surface area contributed by atoms with Gasteiger partial charge in [0.05, 0.1) is 11.2 Å². The summed E-state index contributed by atoms with van der Waals surface area (Å²) in [6.45, 7) is 10.3. The van der Waals surface area contributed by atoms with Crippen molar-refractivity contribution in [1.82, 2.24) is 14.5 Å². The van der Waals surface area contributed by atoms with Crippen LogP contribution in [-0.4, -0.2) is 26.2 Å². The lowest BCUT2D eigenvalue weighted by atomic mass is 10.1. The molecule has 4 rings (SSSR count). The van der Waals surface area contributed by atoms with Crippen molar-refractivity contribution < 1.29 is 14.3 Å². The number of aromatic nitrogens is 3. The number of fused-ring (bicyclic) bond motifs is 1. The van der Waals surface area contributed by atoms with Crippen LogP contribution in [0.25, 0.3) is 10.9 Å². The Balaban J connectivity index is 1.59. The van der Waals surface area contributed by atoms with Gasteiger partial charge in [-0.2, -0.15) is 0 Å². The molecule has 2 N–H and O–H groups in total. The highest BCUT2D eigenvalue weighted by atomic mass is 16.6. The van der Waals surface area contributed by atoms with Crippen molar-refractivity contribution in [1.29, 1.82) is 0 Å². The lowest BCUT2D eigenvalue weighted by Gasteiger charge is -2.19. The van der Waals surface area contributed by atoms with Crippen LogP contribution in [0.2, 0.25) is 0 Å². The molecule has 0 unspecified atom stereocenters. The molecular weight excluding hydrogens is 464 g/mol. The molecule has 2 aromatic carbocycles. The number of aryl methyl sites for hydroxylation is 2. The molecule has 4 aromatic rings. The predicted molar refractivity (Wildman–Crippen MR) is 147 cm³/mol. The number of nitrogen functional groups attached to an aromatic ring is 1. The first-order chi connectivity index (χ1) is 17.6.